The normalized spacial score (nSPS) is 18.0. The number of rotatable bonds is 5. The maximum absolute atomic E-state index is 11.9. The number of nitrogens with one attached hydrogen (secondary N) is 2. The molecular formula is C12H16N6O3. The summed E-state index contributed by atoms with van der Waals surface area (Å²) in [5.41, 5.74) is 0. The molecule has 0 aliphatic carbocycles. The smallest absolute Gasteiger partial charge is 0.292 e. The van der Waals surface area contributed by atoms with Crippen LogP contribution in [-0.4, -0.2) is 39.3 Å². The van der Waals surface area contributed by atoms with Gasteiger partial charge in [0.2, 0.25) is 11.8 Å². The first-order chi connectivity index (χ1) is 10.2. The Bertz CT molecular complexity index is 616. The molecule has 0 spiro atoms. The SMILES string of the molecule is Cc1noc(CCNC(=O)c2noc(C3CCCN3)n2)n1. The highest BCUT2D eigenvalue weighted by molar-refractivity contribution is 5.90. The molecule has 9 nitrogen and oxygen atoms in total. The van der Waals surface area contributed by atoms with Crippen molar-refractivity contribution in [2.24, 2.45) is 0 Å². The highest BCUT2D eigenvalue weighted by Crippen LogP contribution is 2.20. The van der Waals surface area contributed by atoms with E-state index in [-0.39, 0.29) is 17.8 Å². The zero-order valence-corrected chi connectivity index (χ0v) is 11.6. The van der Waals surface area contributed by atoms with Crippen molar-refractivity contribution >= 4 is 5.91 Å². The second-order valence-corrected chi connectivity index (χ2v) is 4.85. The fraction of sp³-hybridized carbons (Fsp3) is 0.583. The predicted molar refractivity (Wildman–Crippen MR) is 69.3 cm³/mol. The summed E-state index contributed by atoms with van der Waals surface area (Å²) in [6.45, 7) is 3.04. The van der Waals surface area contributed by atoms with Crippen LogP contribution in [0.3, 0.4) is 0 Å². The Labute approximate surface area is 120 Å². The summed E-state index contributed by atoms with van der Waals surface area (Å²) in [5, 5.41) is 13.3. The van der Waals surface area contributed by atoms with Crippen LogP contribution in [0.1, 0.15) is 47.1 Å². The molecule has 112 valence electrons. The maximum atomic E-state index is 11.9. The first kappa shape index (κ1) is 13.7. The van der Waals surface area contributed by atoms with Crippen LogP contribution in [-0.2, 0) is 6.42 Å². The van der Waals surface area contributed by atoms with Crippen molar-refractivity contribution in [1.29, 1.82) is 0 Å². The van der Waals surface area contributed by atoms with Gasteiger partial charge in [-0.25, -0.2) is 0 Å². The van der Waals surface area contributed by atoms with Gasteiger partial charge in [0, 0.05) is 13.0 Å². The summed E-state index contributed by atoms with van der Waals surface area (Å²) in [4.78, 5) is 20.1. The minimum atomic E-state index is -0.376. The van der Waals surface area contributed by atoms with E-state index < -0.39 is 0 Å². The van der Waals surface area contributed by atoms with E-state index in [9.17, 15) is 4.79 Å². The van der Waals surface area contributed by atoms with Gasteiger partial charge in [-0.3, -0.25) is 4.79 Å². The molecule has 9 heteroatoms. The molecule has 1 unspecified atom stereocenters. The molecule has 0 bridgehead atoms. The fourth-order valence-electron chi connectivity index (χ4n) is 2.17. The van der Waals surface area contributed by atoms with Crippen molar-refractivity contribution in [1.82, 2.24) is 30.9 Å². The van der Waals surface area contributed by atoms with Crippen LogP contribution in [0.2, 0.25) is 0 Å². The number of aryl methyl sites for hydroxylation is 1. The van der Waals surface area contributed by atoms with Gasteiger partial charge in [-0.1, -0.05) is 10.3 Å². The van der Waals surface area contributed by atoms with E-state index in [1.54, 1.807) is 6.92 Å². The van der Waals surface area contributed by atoms with Gasteiger partial charge in [0.1, 0.15) is 0 Å². The lowest BCUT2D eigenvalue weighted by molar-refractivity contribution is 0.0940. The second kappa shape index (κ2) is 6.00. The standard InChI is InChI=1S/C12H16N6O3/c1-7-15-9(20-17-7)4-6-14-11(19)10-16-12(21-18-10)8-3-2-5-13-8/h8,13H,2-6H2,1H3,(H,14,19). The molecule has 1 aliphatic heterocycles. The van der Waals surface area contributed by atoms with E-state index in [4.69, 9.17) is 9.05 Å². The number of aromatic nitrogens is 4. The third-order valence-electron chi connectivity index (χ3n) is 3.20. The van der Waals surface area contributed by atoms with Crippen molar-refractivity contribution in [3.63, 3.8) is 0 Å². The minimum Gasteiger partial charge on any atom is -0.349 e. The van der Waals surface area contributed by atoms with E-state index in [0.717, 1.165) is 19.4 Å². The van der Waals surface area contributed by atoms with E-state index in [2.05, 4.69) is 30.9 Å². The Morgan fingerprint density at radius 2 is 2.29 bits per heavy atom. The molecular weight excluding hydrogens is 276 g/mol. The summed E-state index contributed by atoms with van der Waals surface area (Å²) in [6, 6.07) is 0.0559. The van der Waals surface area contributed by atoms with Gasteiger partial charge < -0.3 is 19.7 Å². The van der Waals surface area contributed by atoms with Gasteiger partial charge in [-0.05, 0) is 26.3 Å². The zero-order valence-electron chi connectivity index (χ0n) is 11.6. The van der Waals surface area contributed by atoms with Crippen LogP contribution in [0.15, 0.2) is 9.05 Å². The number of amides is 1. The fourth-order valence-corrected chi connectivity index (χ4v) is 2.17. The van der Waals surface area contributed by atoms with E-state index in [1.165, 1.54) is 0 Å². The predicted octanol–water partition coefficient (Wildman–Crippen LogP) is 0.158. The first-order valence-corrected chi connectivity index (χ1v) is 6.87. The summed E-state index contributed by atoms with van der Waals surface area (Å²) < 4.78 is 10.1. The van der Waals surface area contributed by atoms with Crippen LogP contribution in [0, 0.1) is 6.92 Å². The van der Waals surface area contributed by atoms with Crippen molar-refractivity contribution < 1.29 is 13.8 Å². The highest BCUT2D eigenvalue weighted by Gasteiger charge is 2.24. The number of carbonyl (C=O) groups excluding carboxylic acids is 1. The second-order valence-electron chi connectivity index (χ2n) is 4.85. The van der Waals surface area contributed by atoms with Crippen LogP contribution >= 0.6 is 0 Å². The average Bonchev–Trinajstić information content (AvgIpc) is 3.19. The molecule has 2 N–H and O–H groups in total. The molecule has 2 aromatic heterocycles. The molecule has 0 aromatic carbocycles. The van der Waals surface area contributed by atoms with Crippen molar-refractivity contribution in [3.8, 4) is 0 Å². The highest BCUT2D eigenvalue weighted by atomic mass is 16.5. The Balaban J connectivity index is 1.50. The van der Waals surface area contributed by atoms with E-state index in [1.807, 2.05) is 0 Å². The van der Waals surface area contributed by atoms with Gasteiger partial charge in [-0.15, -0.1) is 0 Å². The molecule has 3 rings (SSSR count). The number of hydrogen-bond acceptors (Lipinski definition) is 8. The summed E-state index contributed by atoms with van der Waals surface area (Å²) in [7, 11) is 0. The van der Waals surface area contributed by atoms with Crippen molar-refractivity contribution in [3.05, 3.63) is 23.4 Å². The Kier molecular flexibility index (Phi) is 3.91. The lowest BCUT2D eigenvalue weighted by Crippen LogP contribution is -2.27. The van der Waals surface area contributed by atoms with E-state index >= 15 is 0 Å². The van der Waals surface area contributed by atoms with Crippen molar-refractivity contribution in [2.45, 2.75) is 32.2 Å². The molecule has 1 atom stereocenters. The Hall–Kier alpha value is -2.29. The quantitative estimate of drug-likeness (QED) is 0.799. The summed E-state index contributed by atoms with van der Waals surface area (Å²) >= 11 is 0. The van der Waals surface area contributed by atoms with Gasteiger partial charge in [0.25, 0.3) is 11.7 Å². The van der Waals surface area contributed by atoms with Crippen molar-refractivity contribution in [2.75, 3.05) is 13.1 Å². The van der Waals surface area contributed by atoms with Gasteiger partial charge in [0.05, 0.1) is 6.04 Å². The van der Waals surface area contributed by atoms with Crippen LogP contribution in [0.5, 0.6) is 0 Å². The molecule has 1 amide bonds. The molecule has 0 saturated carbocycles. The molecule has 1 aliphatic rings. The third-order valence-corrected chi connectivity index (χ3v) is 3.20. The molecule has 2 aromatic rings. The average molecular weight is 292 g/mol. The zero-order chi connectivity index (χ0) is 14.7. The van der Waals surface area contributed by atoms with E-state index in [0.29, 0.717) is 30.6 Å². The largest absolute Gasteiger partial charge is 0.349 e. The third kappa shape index (κ3) is 3.24. The van der Waals surface area contributed by atoms with Crippen LogP contribution < -0.4 is 10.6 Å². The molecule has 1 fully saturated rings. The minimum absolute atomic E-state index is 0.0420. The lowest BCUT2D eigenvalue weighted by Gasteiger charge is -2.01. The molecule has 21 heavy (non-hydrogen) atoms. The van der Waals surface area contributed by atoms with Gasteiger partial charge >= 0.3 is 0 Å². The number of carbonyl (C=O) groups is 1. The van der Waals surface area contributed by atoms with Gasteiger partial charge in [-0.2, -0.15) is 9.97 Å². The van der Waals surface area contributed by atoms with Gasteiger partial charge in [0.15, 0.2) is 5.82 Å². The monoisotopic (exact) mass is 292 g/mol. The number of nitrogens with zero attached hydrogens (tertiary/aromatic N) is 4. The Morgan fingerprint density at radius 3 is 3.00 bits per heavy atom. The molecule has 0 radical (unpaired) electrons. The first-order valence-electron chi connectivity index (χ1n) is 6.87. The maximum Gasteiger partial charge on any atom is 0.292 e. The summed E-state index contributed by atoms with van der Waals surface area (Å²) in [5.74, 6) is 1.18. The molecule has 3 heterocycles. The van der Waals surface area contributed by atoms with Crippen LogP contribution in [0.25, 0.3) is 0 Å². The number of hydrogen-bond donors (Lipinski definition) is 2. The van der Waals surface area contributed by atoms with Crippen LogP contribution in [0.4, 0.5) is 0 Å². The molecule has 1 saturated heterocycles. The summed E-state index contributed by atoms with van der Waals surface area (Å²) in [6.07, 6.45) is 2.47. The Morgan fingerprint density at radius 1 is 1.38 bits per heavy atom. The lowest BCUT2D eigenvalue weighted by atomic mass is 10.2. The topological polar surface area (TPSA) is 119 Å².